The van der Waals surface area contributed by atoms with Gasteiger partial charge in [-0.3, -0.25) is 19.3 Å². The van der Waals surface area contributed by atoms with E-state index in [1.165, 1.54) is 28.5 Å². The zero-order valence-electron chi connectivity index (χ0n) is 17.2. The highest BCUT2D eigenvalue weighted by Crippen LogP contribution is 2.41. The molecule has 11 nitrogen and oxygen atoms in total. The molecule has 2 amide bonds. The summed E-state index contributed by atoms with van der Waals surface area (Å²) in [5.41, 5.74) is -0.301. The summed E-state index contributed by atoms with van der Waals surface area (Å²) in [5, 5.41) is 23.7. The van der Waals surface area contributed by atoms with E-state index in [1.807, 2.05) is 5.38 Å². The van der Waals surface area contributed by atoms with Crippen LogP contribution in [0.25, 0.3) is 0 Å². The summed E-state index contributed by atoms with van der Waals surface area (Å²) in [7, 11) is -4.06. The van der Waals surface area contributed by atoms with Crippen LogP contribution in [-0.4, -0.2) is 75.2 Å². The SMILES string of the molecule is O=C(O)Cc1csc(S(=O)(=O)CC2=C(C(=O)O)N3C(=O)[C@@H](NC(=O)Cc4cccs4)[C@H]3SC2)n1. The number of thioether (sulfide) groups is 1. The Morgan fingerprint density at radius 3 is 2.62 bits per heavy atom. The Morgan fingerprint density at radius 2 is 1.97 bits per heavy atom. The monoisotopic (exact) mass is 543 g/mol. The zero-order chi connectivity index (χ0) is 24.6. The van der Waals surface area contributed by atoms with Crippen molar-refractivity contribution in [3.05, 3.63) is 44.7 Å². The van der Waals surface area contributed by atoms with Gasteiger partial charge in [-0.25, -0.2) is 18.2 Å². The van der Waals surface area contributed by atoms with E-state index in [0.717, 1.165) is 21.1 Å². The fourth-order valence-corrected chi connectivity index (χ4v) is 8.26. The van der Waals surface area contributed by atoms with Crippen molar-refractivity contribution in [3.8, 4) is 0 Å². The molecule has 2 atom stereocenters. The van der Waals surface area contributed by atoms with E-state index in [9.17, 15) is 32.7 Å². The quantitative estimate of drug-likeness (QED) is 0.380. The molecule has 2 aromatic heterocycles. The number of amides is 2. The summed E-state index contributed by atoms with van der Waals surface area (Å²) in [5.74, 6) is -4.24. The van der Waals surface area contributed by atoms with E-state index in [1.54, 1.807) is 12.1 Å². The van der Waals surface area contributed by atoms with Crippen molar-refractivity contribution >= 4 is 68.0 Å². The Labute approximate surface area is 205 Å². The second-order valence-corrected chi connectivity index (χ2v) is 12.6. The lowest BCUT2D eigenvalue weighted by Gasteiger charge is -2.49. The summed E-state index contributed by atoms with van der Waals surface area (Å²) < 4.78 is 25.3. The van der Waals surface area contributed by atoms with Crippen LogP contribution in [-0.2, 0) is 41.9 Å². The number of fused-ring (bicyclic) bond motifs is 1. The van der Waals surface area contributed by atoms with E-state index in [2.05, 4.69) is 10.3 Å². The number of hydrogen-bond donors (Lipinski definition) is 3. The van der Waals surface area contributed by atoms with Gasteiger partial charge in [-0.15, -0.1) is 34.4 Å². The van der Waals surface area contributed by atoms with Gasteiger partial charge in [0, 0.05) is 16.0 Å². The Hall–Kier alpha value is -2.75. The zero-order valence-corrected chi connectivity index (χ0v) is 20.4. The second-order valence-electron chi connectivity index (χ2n) is 7.40. The molecule has 4 rings (SSSR count). The van der Waals surface area contributed by atoms with Crippen molar-refractivity contribution in [2.45, 2.75) is 28.6 Å². The third-order valence-electron chi connectivity index (χ3n) is 4.97. The number of nitrogens with zero attached hydrogens (tertiary/aromatic N) is 2. The van der Waals surface area contributed by atoms with Gasteiger partial charge in [0.25, 0.3) is 5.91 Å². The Morgan fingerprint density at radius 1 is 1.21 bits per heavy atom. The summed E-state index contributed by atoms with van der Waals surface area (Å²) in [6.07, 6.45) is -0.337. The molecule has 0 saturated carbocycles. The maximum Gasteiger partial charge on any atom is 0.352 e. The number of nitrogens with one attached hydrogen (secondary N) is 1. The molecule has 4 heterocycles. The molecule has 0 spiro atoms. The molecule has 0 radical (unpaired) electrons. The van der Waals surface area contributed by atoms with Gasteiger partial charge in [-0.1, -0.05) is 6.07 Å². The normalized spacial score (nSPS) is 20.0. The molecular weight excluding hydrogens is 526 g/mol. The number of sulfone groups is 1. The lowest BCUT2D eigenvalue weighted by Crippen LogP contribution is -2.70. The minimum atomic E-state index is -4.06. The average Bonchev–Trinajstić information content (AvgIpc) is 3.43. The van der Waals surface area contributed by atoms with Crippen LogP contribution in [0, 0.1) is 0 Å². The van der Waals surface area contributed by atoms with Crippen LogP contribution in [0.1, 0.15) is 10.6 Å². The Kier molecular flexibility index (Phi) is 6.80. The van der Waals surface area contributed by atoms with E-state index in [-0.39, 0.29) is 33.7 Å². The molecule has 34 heavy (non-hydrogen) atoms. The minimum Gasteiger partial charge on any atom is -0.481 e. The lowest BCUT2D eigenvalue weighted by atomic mass is 10.0. The van der Waals surface area contributed by atoms with Crippen LogP contribution < -0.4 is 5.32 Å². The molecule has 2 aliphatic heterocycles. The molecule has 180 valence electrons. The van der Waals surface area contributed by atoms with Crippen molar-refractivity contribution in [3.63, 3.8) is 0 Å². The number of β-lactam (4-membered cyclic amide) rings is 1. The van der Waals surface area contributed by atoms with E-state index < -0.39 is 57.0 Å². The van der Waals surface area contributed by atoms with Crippen LogP contribution in [0.3, 0.4) is 0 Å². The number of rotatable bonds is 9. The molecular formula is C19H17N3O8S4. The molecule has 1 fully saturated rings. The molecule has 2 aliphatic rings. The van der Waals surface area contributed by atoms with Crippen molar-refractivity contribution in [2.24, 2.45) is 0 Å². The highest BCUT2D eigenvalue weighted by Gasteiger charge is 2.54. The number of carboxylic acid groups (broad SMARTS) is 2. The van der Waals surface area contributed by atoms with Crippen molar-refractivity contribution in [1.29, 1.82) is 0 Å². The molecule has 2 aromatic rings. The molecule has 0 aliphatic carbocycles. The number of carbonyl (C=O) groups excluding carboxylic acids is 2. The van der Waals surface area contributed by atoms with Gasteiger partial charge in [0.15, 0.2) is 0 Å². The highest BCUT2D eigenvalue weighted by molar-refractivity contribution is 8.00. The predicted molar refractivity (Wildman–Crippen MR) is 123 cm³/mol. The van der Waals surface area contributed by atoms with Crippen LogP contribution in [0.15, 0.2) is 38.5 Å². The van der Waals surface area contributed by atoms with Gasteiger partial charge in [-0.2, -0.15) is 0 Å². The van der Waals surface area contributed by atoms with Crippen molar-refractivity contribution in [1.82, 2.24) is 15.2 Å². The first-order chi connectivity index (χ1) is 16.1. The molecule has 1 saturated heterocycles. The number of aliphatic carboxylic acids is 2. The first-order valence-electron chi connectivity index (χ1n) is 9.67. The smallest absolute Gasteiger partial charge is 0.352 e. The van der Waals surface area contributed by atoms with E-state index >= 15 is 0 Å². The molecule has 3 N–H and O–H groups in total. The number of thiazole rings is 1. The number of hydrogen-bond acceptors (Lipinski definition) is 10. The number of carbonyl (C=O) groups is 4. The van der Waals surface area contributed by atoms with Crippen LogP contribution in [0.2, 0.25) is 0 Å². The summed E-state index contributed by atoms with van der Waals surface area (Å²) in [6.45, 7) is 0. The topological polar surface area (TPSA) is 171 Å². The van der Waals surface area contributed by atoms with E-state index in [4.69, 9.17) is 5.11 Å². The van der Waals surface area contributed by atoms with Gasteiger partial charge >= 0.3 is 11.9 Å². The van der Waals surface area contributed by atoms with Gasteiger partial charge in [-0.05, 0) is 17.0 Å². The summed E-state index contributed by atoms with van der Waals surface area (Å²) in [6, 6.07) is 2.70. The minimum absolute atomic E-state index is 0.0277. The third kappa shape index (κ3) is 4.87. The van der Waals surface area contributed by atoms with Gasteiger partial charge in [0.1, 0.15) is 17.1 Å². The third-order valence-corrected chi connectivity index (χ3v) is 10.3. The van der Waals surface area contributed by atoms with Crippen LogP contribution in [0.4, 0.5) is 0 Å². The number of carboxylic acids is 2. The summed E-state index contributed by atoms with van der Waals surface area (Å²) >= 11 is 3.32. The second kappa shape index (κ2) is 9.48. The lowest BCUT2D eigenvalue weighted by molar-refractivity contribution is -0.150. The molecule has 0 unspecified atom stereocenters. The predicted octanol–water partition coefficient (Wildman–Crippen LogP) is 0.587. The largest absolute Gasteiger partial charge is 0.481 e. The number of aromatic nitrogens is 1. The summed E-state index contributed by atoms with van der Waals surface area (Å²) in [4.78, 5) is 53.5. The molecule has 15 heteroatoms. The molecule has 0 bridgehead atoms. The fourth-order valence-electron chi connectivity index (χ4n) is 3.55. The van der Waals surface area contributed by atoms with Gasteiger partial charge < -0.3 is 15.5 Å². The standard InChI is InChI=1S/C19H17N3O8S4/c23-12(5-11-2-1-3-31-11)21-14-16(26)22-15(18(27)28)9(6-32-17(14)22)8-34(29,30)19-20-10(7-33-19)4-13(24)25/h1-3,7,14,17H,4-6,8H2,(H,21,23)(H,24,25)(H,27,28)/t14-,17-/m1/s1. The van der Waals surface area contributed by atoms with E-state index in [0.29, 0.717) is 0 Å². The van der Waals surface area contributed by atoms with Crippen molar-refractivity contribution in [2.75, 3.05) is 11.5 Å². The highest BCUT2D eigenvalue weighted by atomic mass is 32.2. The van der Waals surface area contributed by atoms with Crippen molar-refractivity contribution < 1.29 is 37.8 Å². The number of thiophene rings is 1. The fraction of sp³-hybridized carbons (Fsp3) is 0.316. The first-order valence-corrected chi connectivity index (χ1v) is 14.1. The molecule has 0 aromatic carbocycles. The van der Waals surface area contributed by atoms with Crippen LogP contribution >= 0.6 is 34.4 Å². The average molecular weight is 544 g/mol. The van der Waals surface area contributed by atoms with Gasteiger partial charge in [0.2, 0.25) is 20.1 Å². The maximum atomic E-state index is 12.8. The Bertz CT molecular complexity index is 1300. The maximum absolute atomic E-state index is 12.8. The Balaban J connectivity index is 1.50. The first kappa shape index (κ1) is 24.4. The van der Waals surface area contributed by atoms with Crippen LogP contribution in [0.5, 0.6) is 0 Å². The van der Waals surface area contributed by atoms with Gasteiger partial charge in [0.05, 0.1) is 24.3 Å².